The van der Waals surface area contributed by atoms with Crippen LogP contribution in [-0.4, -0.2) is 39.8 Å². The van der Waals surface area contributed by atoms with Crippen LogP contribution in [0.3, 0.4) is 0 Å². The number of allylic oxidation sites excluding steroid dienone is 2. The van der Waals surface area contributed by atoms with Crippen molar-refractivity contribution in [1.29, 1.82) is 0 Å². The number of nitrogens with zero attached hydrogens (tertiary/aromatic N) is 1. The Hall–Kier alpha value is -2.96. The van der Waals surface area contributed by atoms with Crippen molar-refractivity contribution in [2.45, 2.75) is 151 Å². The summed E-state index contributed by atoms with van der Waals surface area (Å²) < 4.78 is 0. The lowest BCUT2D eigenvalue weighted by Gasteiger charge is -2.70. The van der Waals surface area contributed by atoms with Gasteiger partial charge in [0.1, 0.15) is 0 Å². The van der Waals surface area contributed by atoms with E-state index >= 15 is 0 Å². The van der Waals surface area contributed by atoms with E-state index in [4.69, 9.17) is 4.84 Å². The fourth-order valence-corrected chi connectivity index (χ4v) is 12.6. The molecule has 0 radical (unpaired) electrons. The molecule has 1 aromatic rings. The molecule has 1 N–H and O–H groups in total. The predicted octanol–water partition coefficient (Wildman–Crippen LogP) is 9.53. The predicted molar refractivity (Wildman–Crippen MR) is 198 cm³/mol. The Kier molecular flexibility index (Phi) is 9.75. The summed E-state index contributed by atoms with van der Waals surface area (Å²) in [6, 6.07) is 7.83. The third-order valence-corrected chi connectivity index (χ3v) is 15.8. The molecule has 0 spiro atoms. The van der Waals surface area contributed by atoms with Gasteiger partial charge in [0.25, 0.3) is 5.91 Å². The van der Waals surface area contributed by atoms with E-state index in [2.05, 4.69) is 41.5 Å². The van der Waals surface area contributed by atoms with Gasteiger partial charge in [-0.25, -0.2) is 9.59 Å². The first kappa shape index (κ1) is 37.8. The molecule has 5 aliphatic rings. The molecule has 0 aliphatic heterocycles. The maximum atomic E-state index is 14.9. The molecule has 3 unspecified atom stereocenters. The van der Waals surface area contributed by atoms with Gasteiger partial charge in [-0.1, -0.05) is 104 Å². The van der Waals surface area contributed by atoms with Crippen LogP contribution in [-0.2, 0) is 30.4 Å². The maximum absolute atomic E-state index is 14.9. The second-order valence-electron chi connectivity index (χ2n) is 19.3. The number of amides is 1. The molecule has 6 rings (SSSR count). The number of rotatable bonds is 8. The summed E-state index contributed by atoms with van der Waals surface area (Å²) in [5.41, 5.74) is 0.708. The van der Waals surface area contributed by atoms with Gasteiger partial charge in [-0.3, -0.25) is 9.59 Å². The van der Waals surface area contributed by atoms with Crippen LogP contribution in [0.25, 0.3) is 0 Å². The number of unbranched alkanes of at least 4 members (excludes halogenated alkanes) is 1. The number of fused-ring (bicyclic) bond motifs is 7. The van der Waals surface area contributed by atoms with Crippen molar-refractivity contribution in [1.82, 2.24) is 5.06 Å². The molecule has 0 aromatic heterocycles. The highest BCUT2D eigenvalue weighted by atomic mass is 16.7. The van der Waals surface area contributed by atoms with E-state index in [9.17, 15) is 24.3 Å². The van der Waals surface area contributed by atoms with E-state index < -0.39 is 29.3 Å². The zero-order valence-corrected chi connectivity index (χ0v) is 32.6. The number of carboxylic acids is 1. The Labute approximate surface area is 306 Å². The Morgan fingerprint density at radius 3 is 2.27 bits per heavy atom. The average Bonchev–Trinajstić information content (AvgIpc) is 3.06. The van der Waals surface area contributed by atoms with Crippen molar-refractivity contribution in [2.75, 3.05) is 0 Å². The van der Waals surface area contributed by atoms with E-state index in [1.807, 2.05) is 50.3 Å². The molecule has 1 amide bonds. The molecule has 51 heavy (non-hydrogen) atoms. The van der Waals surface area contributed by atoms with Crippen LogP contribution >= 0.6 is 0 Å². The van der Waals surface area contributed by atoms with Crippen LogP contribution in [0.2, 0.25) is 0 Å². The highest BCUT2D eigenvalue weighted by Crippen LogP contribution is 2.75. The third kappa shape index (κ3) is 6.10. The topological polar surface area (TPSA) is 101 Å². The van der Waals surface area contributed by atoms with Crippen molar-refractivity contribution in [3.63, 3.8) is 0 Å². The first-order valence-electron chi connectivity index (χ1n) is 19.9. The smallest absolute Gasteiger partial charge is 0.332 e. The summed E-state index contributed by atoms with van der Waals surface area (Å²) in [5.74, 6) is -1.48. The van der Waals surface area contributed by atoms with Gasteiger partial charge in [-0.15, -0.1) is 0 Å². The molecule has 0 saturated heterocycles. The number of carboxylic acid groups (broad SMARTS) is 1. The van der Waals surface area contributed by atoms with Gasteiger partial charge < -0.3 is 9.94 Å². The molecular formula is C44H63NO6. The minimum atomic E-state index is -1.36. The lowest BCUT2D eigenvalue weighted by molar-refractivity contribution is -0.220. The van der Waals surface area contributed by atoms with Crippen LogP contribution < -0.4 is 0 Å². The molecule has 7 heteroatoms. The number of hydroxylamine groups is 2. The lowest BCUT2D eigenvalue weighted by Crippen LogP contribution is -2.65. The number of carbonyl (C=O) groups excluding carboxylic acids is 3. The molecule has 0 bridgehead atoms. The fourth-order valence-electron chi connectivity index (χ4n) is 12.6. The van der Waals surface area contributed by atoms with Crippen molar-refractivity contribution >= 4 is 23.6 Å². The fraction of sp³-hybridized carbons (Fsp3) is 0.727. The maximum Gasteiger partial charge on any atom is 0.332 e. The molecular weight excluding hydrogens is 638 g/mol. The summed E-state index contributed by atoms with van der Waals surface area (Å²) in [4.78, 5) is 61.4. The normalized spacial score (nSPS) is 38.9. The molecule has 0 heterocycles. The summed E-state index contributed by atoms with van der Waals surface area (Å²) in [7, 11) is 0. The van der Waals surface area contributed by atoms with E-state index in [1.54, 1.807) is 0 Å². The van der Waals surface area contributed by atoms with Gasteiger partial charge in [-0.2, -0.15) is 5.06 Å². The zero-order valence-electron chi connectivity index (χ0n) is 32.6. The van der Waals surface area contributed by atoms with Gasteiger partial charge in [0.2, 0.25) is 0 Å². The molecule has 4 fully saturated rings. The molecule has 7 nitrogen and oxygen atoms in total. The Balaban J connectivity index is 1.36. The summed E-state index contributed by atoms with van der Waals surface area (Å²) in [6.45, 7) is 18.3. The Morgan fingerprint density at radius 1 is 0.922 bits per heavy atom. The summed E-state index contributed by atoms with van der Waals surface area (Å²) in [6.07, 6.45) is 13.1. The molecule has 9 atom stereocenters. The van der Waals surface area contributed by atoms with Gasteiger partial charge in [-0.05, 0) is 115 Å². The van der Waals surface area contributed by atoms with Crippen molar-refractivity contribution in [3.05, 3.63) is 47.5 Å². The Bertz CT molecular complexity index is 1580. The number of ketones is 1. The minimum Gasteiger partial charge on any atom is -0.480 e. The summed E-state index contributed by atoms with van der Waals surface area (Å²) >= 11 is 0. The van der Waals surface area contributed by atoms with Gasteiger partial charge in [0, 0.05) is 18.8 Å². The second-order valence-corrected chi connectivity index (χ2v) is 19.3. The monoisotopic (exact) mass is 701 g/mol. The molecule has 280 valence electrons. The Morgan fingerprint density at radius 2 is 1.61 bits per heavy atom. The average molecular weight is 702 g/mol. The number of benzene rings is 1. The first-order valence-corrected chi connectivity index (χ1v) is 19.9. The lowest BCUT2D eigenvalue weighted by atomic mass is 9.33. The standard InChI is InChI=1S/C44H63NO6/c1-9-10-17-35(47)51-45(32(37(48)49)26-29-15-12-11-13-16-29)38(50)41(5)23-22-40(4)24-25-43(7)30(31(40)28-41)27-33(46)36-42(6)20-14-19-39(2,3)34(42)18-21-44(36,43)8/h11-13,15-16,27,31-32,34,36H,9-10,14,17-26,28H2,1-8H3,(H,48,49)/t31-,32-,34?,36?,40+,41?,42-,43+,44+/m0/s1. The zero-order chi connectivity index (χ0) is 37.2. The summed E-state index contributed by atoms with van der Waals surface area (Å²) in [5, 5.41) is 11.4. The largest absolute Gasteiger partial charge is 0.480 e. The van der Waals surface area contributed by atoms with Gasteiger partial charge in [0.15, 0.2) is 11.8 Å². The number of hydrogen-bond acceptors (Lipinski definition) is 5. The first-order chi connectivity index (χ1) is 23.9. The van der Waals surface area contributed by atoms with E-state index in [-0.39, 0.29) is 57.5 Å². The van der Waals surface area contributed by atoms with Crippen LogP contribution in [0.15, 0.2) is 42.0 Å². The molecule has 5 aliphatic carbocycles. The quantitative estimate of drug-likeness (QED) is 0.271. The van der Waals surface area contributed by atoms with E-state index in [0.29, 0.717) is 25.2 Å². The van der Waals surface area contributed by atoms with Gasteiger partial charge in [0.05, 0.1) is 5.41 Å². The SMILES string of the molecule is CCCCC(=O)ON(C(=O)C1(C)CC[C@]2(C)CC[C@]3(C)C(=CC(=O)C4[C@@]5(C)CCCC(C)(C)C5CC[C@]43C)[C@@H]2C1)[C@@H](Cc1ccccc1)C(=O)O. The highest BCUT2D eigenvalue weighted by Gasteiger charge is 2.69. The number of hydrogen-bond donors (Lipinski definition) is 1. The van der Waals surface area contributed by atoms with Crippen molar-refractivity contribution < 1.29 is 29.1 Å². The minimum absolute atomic E-state index is 0.0101. The van der Waals surface area contributed by atoms with Crippen LogP contribution in [0.1, 0.15) is 144 Å². The molecule has 4 saturated carbocycles. The van der Waals surface area contributed by atoms with Crippen molar-refractivity contribution in [3.8, 4) is 0 Å². The van der Waals surface area contributed by atoms with Crippen LogP contribution in [0, 0.1) is 50.2 Å². The number of carbonyl (C=O) groups is 4. The molecule has 1 aromatic carbocycles. The third-order valence-electron chi connectivity index (χ3n) is 15.8. The van der Waals surface area contributed by atoms with Crippen LogP contribution in [0.4, 0.5) is 0 Å². The second kappa shape index (κ2) is 13.2. The van der Waals surface area contributed by atoms with Crippen molar-refractivity contribution in [2.24, 2.45) is 50.2 Å². The van der Waals surface area contributed by atoms with E-state index in [0.717, 1.165) is 62.0 Å². The van der Waals surface area contributed by atoms with Gasteiger partial charge >= 0.3 is 11.9 Å². The van der Waals surface area contributed by atoms with Crippen LogP contribution in [0.5, 0.6) is 0 Å². The number of aliphatic carboxylic acids is 1. The van der Waals surface area contributed by atoms with E-state index in [1.165, 1.54) is 12.0 Å². The highest BCUT2D eigenvalue weighted by molar-refractivity contribution is 5.96.